The topological polar surface area (TPSA) is 140 Å². The molecule has 0 amide bonds. The SMILES string of the molecule is C[C@H](Nc1nc(N)c(N=O)c(=O)n1C)C(=O)O.[K+]. The Morgan fingerprint density at radius 3 is 2.61 bits per heavy atom. The minimum absolute atomic E-state index is 0. The van der Waals surface area contributed by atoms with Gasteiger partial charge in [0, 0.05) is 7.05 Å². The predicted molar refractivity (Wildman–Crippen MR) is 60.1 cm³/mol. The summed E-state index contributed by atoms with van der Waals surface area (Å²) < 4.78 is 0.965. The Balaban J connectivity index is 0.00000289. The first-order valence-electron chi connectivity index (χ1n) is 4.57. The molecule has 0 saturated carbocycles. The summed E-state index contributed by atoms with van der Waals surface area (Å²) in [5.41, 5.74) is 4.11. The van der Waals surface area contributed by atoms with E-state index in [0.29, 0.717) is 0 Å². The first kappa shape index (κ1) is 17.2. The maximum atomic E-state index is 11.6. The number of nitrogens with two attached hydrogens (primary N) is 1. The number of aliphatic carboxylic acids is 1. The summed E-state index contributed by atoms with van der Waals surface area (Å²) in [7, 11) is 1.32. The summed E-state index contributed by atoms with van der Waals surface area (Å²) in [5, 5.41) is 13.6. The quantitative estimate of drug-likeness (QED) is 0.386. The first-order chi connectivity index (χ1) is 7.88. The number of hydrogen-bond donors (Lipinski definition) is 3. The fourth-order valence-corrected chi connectivity index (χ4v) is 1.08. The molecule has 0 aliphatic heterocycles. The van der Waals surface area contributed by atoms with Crippen molar-refractivity contribution in [2.45, 2.75) is 13.0 Å². The zero-order chi connectivity index (χ0) is 13.2. The van der Waals surface area contributed by atoms with Gasteiger partial charge in [-0.2, -0.15) is 4.98 Å². The van der Waals surface area contributed by atoms with Gasteiger partial charge in [0.1, 0.15) is 6.04 Å². The second kappa shape index (κ2) is 6.94. The molecule has 0 radical (unpaired) electrons. The Kier molecular flexibility index (Phi) is 6.63. The van der Waals surface area contributed by atoms with E-state index in [9.17, 15) is 14.5 Å². The molecule has 0 aliphatic carbocycles. The molecule has 0 aliphatic rings. The maximum Gasteiger partial charge on any atom is 1.00 e. The van der Waals surface area contributed by atoms with Crippen molar-refractivity contribution in [2.75, 3.05) is 11.1 Å². The predicted octanol–water partition coefficient (Wildman–Crippen LogP) is -3.35. The molecule has 1 heterocycles. The van der Waals surface area contributed by atoms with Crippen molar-refractivity contribution in [1.29, 1.82) is 0 Å². The van der Waals surface area contributed by atoms with Crippen LogP contribution in [0.15, 0.2) is 9.97 Å². The van der Waals surface area contributed by atoms with Gasteiger partial charge in [0.15, 0.2) is 5.82 Å². The Morgan fingerprint density at radius 1 is 1.61 bits per heavy atom. The van der Waals surface area contributed by atoms with Crippen molar-refractivity contribution >= 4 is 23.4 Å². The van der Waals surface area contributed by atoms with Crippen LogP contribution in [-0.2, 0) is 11.8 Å². The fraction of sp³-hybridized carbons (Fsp3) is 0.375. The molecule has 0 saturated heterocycles. The second-order valence-corrected chi connectivity index (χ2v) is 3.33. The Morgan fingerprint density at radius 2 is 2.17 bits per heavy atom. The van der Waals surface area contributed by atoms with Crippen LogP contribution in [0.25, 0.3) is 0 Å². The van der Waals surface area contributed by atoms with Gasteiger partial charge in [-0.15, -0.1) is 4.91 Å². The number of aromatic nitrogens is 2. The first-order valence-corrected chi connectivity index (χ1v) is 4.57. The van der Waals surface area contributed by atoms with E-state index in [1.807, 2.05) is 0 Å². The number of carbonyl (C=O) groups is 1. The van der Waals surface area contributed by atoms with Gasteiger partial charge < -0.3 is 16.2 Å². The molecule has 18 heavy (non-hydrogen) atoms. The average Bonchev–Trinajstić information content (AvgIpc) is 2.26. The van der Waals surface area contributed by atoms with E-state index < -0.39 is 23.3 Å². The van der Waals surface area contributed by atoms with Crippen LogP contribution in [0.2, 0.25) is 0 Å². The smallest absolute Gasteiger partial charge is 0.480 e. The monoisotopic (exact) mass is 280 g/mol. The van der Waals surface area contributed by atoms with Crippen LogP contribution in [-0.4, -0.2) is 26.7 Å². The fourth-order valence-electron chi connectivity index (χ4n) is 1.08. The number of rotatable bonds is 4. The van der Waals surface area contributed by atoms with Gasteiger partial charge in [0.2, 0.25) is 11.6 Å². The van der Waals surface area contributed by atoms with E-state index in [0.717, 1.165) is 4.57 Å². The molecule has 10 heteroatoms. The maximum absolute atomic E-state index is 11.6. The van der Waals surface area contributed by atoms with Gasteiger partial charge in [-0.25, -0.2) is 0 Å². The number of hydrogen-bond acceptors (Lipinski definition) is 7. The summed E-state index contributed by atoms with van der Waals surface area (Å²) in [4.78, 5) is 36.2. The standard InChI is InChI=1S/C8H11N5O4.K/c1-3(7(15)16)10-8-11-5(9)4(12-17)6(14)13(8)2;/h3H,9H2,1-2H3,(H,10,11)(H,15,16);/q;+1/t3-;/m0./s1. The summed E-state index contributed by atoms with van der Waals surface area (Å²) in [6, 6.07) is -0.956. The molecule has 0 fully saturated rings. The van der Waals surface area contributed by atoms with E-state index in [1.54, 1.807) is 0 Å². The van der Waals surface area contributed by atoms with E-state index in [2.05, 4.69) is 15.5 Å². The van der Waals surface area contributed by atoms with Crippen molar-refractivity contribution in [2.24, 2.45) is 12.2 Å². The van der Waals surface area contributed by atoms with Gasteiger partial charge >= 0.3 is 57.4 Å². The van der Waals surface area contributed by atoms with Crippen molar-refractivity contribution in [3.63, 3.8) is 0 Å². The molecule has 0 spiro atoms. The Labute approximate surface area is 144 Å². The molecule has 4 N–H and O–H groups in total. The third kappa shape index (κ3) is 3.59. The molecule has 1 aromatic rings. The minimum Gasteiger partial charge on any atom is -0.480 e. The molecule has 0 aromatic carbocycles. The summed E-state index contributed by atoms with van der Waals surface area (Å²) in [6.45, 7) is 1.37. The van der Waals surface area contributed by atoms with Crippen molar-refractivity contribution < 1.29 is 61.3 Å². The van der Waals surface area contributed by atoms with Crippen LogP contribution >= 0.6 is 0 Å². The summed E-state index contributed by atoms with van der Waals surface area (Å²) in [6.07, 6.45) is 0. The largest absolute Gasteiger partial charge is 1.00 e. The number of carboxylic acids is 1. The molecule has 1 rings (SSSR count). The minimum atomic E-state index is -1.12. The summed E-state index contributed by atoms with van der Waals surface area (Å²) in [5.74, 6) is -1.51. The van der Waals surface area contributed by atoms with Crippen LogP contribution in [0, 0.1) is 4.91 Å². The van der Waals surface area contributed by atoms with Crippen molar-refractivity contribution in [3.05, 3.63) is 15.3 Å². The van der Waals surface area contributed by atoms with Crippen LogP contribution in [0.1, 0.15) is 6.92 Å². The van der Waals surface area contributed by atoms with Crippen molar-refractivity contribution in [3.8, 4) is 0 Å². The number of nitrogens with zero attached hydrogens (tertiary/aromatic N) is 3. The number of carboxylic acid groups (broad SMARTS) is 1. The Bertz CT molecular complexity index is 529. The molecule has 0 unspecified atom stereocenters. The number of nitrogen functional groups attached to an aromatic ring is 1. The van der Waals surface area contributed by atoms with Gasteiger partial charge in [-0.05, 0) is 12.1 Å². The van der Waals surface area contributed by atoms with E-state index in [4.69, 9.17) is 10.8 Å². The second-order valence-electron chi connectivity index (χ2n) is 3.33. The average molecular weight is 280 g/mol. The van der Waals surface area contributed by atoms with Gasteiger partial charge in [0.05, 0.1) is 0 Å². The molecule has 1 atom stereocenters. The van der Waals surface area contributed by atoms with Crippen molar-refractivity contribution in [1.82, 2.24) is 9.55 Å². The number of nitroso groups, excluding NO2 is 1. The van der Waals surface area contributed by atoms with E-state index in [1.165, 1.54) is 14.0 Å². The van der Waals surface area contributed by atoms with Gasteiger partial charge in [-0.3, -0.25) is 14.2 Å². The van der Waals surface area contributed by atoms with Crippen LogP contribution in [0.5, 0.6) is 0 Å². The third-order valence-electron chi connectivity index (χ3n) is 2.10. The van der Waals surface area contributed by atoms with E-state index in [-0.39, 0.29) is 63.2 Å². The summed E-state index contributed by atoms with van der Waals surface area (Å²) >= 11 is 0. The zero-order valence-electron chi connectivity index (χ0n) is 10.2. The molecule has 0 bridgehead atoms. The Hall–Kier alpha value is -0.814. The zero-order valence-corrected chi connectivity index (χ0v) is 13.3. The van der Waals surface area contributed by atoms with E-state index >= 15 is 0 Å². The van der Waals surface area contributed by atoms with Crippen LogP contribution in [0.4, 0.5) is 17.5 Å². The van der Waals surface area contributed by atoms with Gasteiger partial charge in [0.25, 0.3) is 5.56 Å². The molecule has 1 aromatic heterocycles. The van der Waals surface area contributed by atoms with Crippen LogP contribution < -0.4 is 68.0 Å². The number of anilines is 2. The normalized spacial score (nSPS) is 11.2. The molecular weight excluding hydrogens is 269 g/mol. The molecule has 92 valence electrons. The van der Waals surface area contributed by atoms with Crippen LogP contribution in [0.3, 0.4) is 0 Å². The van der Waals surface area contributed by atoms with Gasteiger partial charge in [-0.1, -0.05) is 0 Å². The third-order valence-corrected chi connectivity index (χ3v) is 2.10. The molecular formula is C8H11KN5O4+. The molecule has 9 nitrogen and oxygen atoms in total. The number of nitrogens with one attached hydrogen (secondary N) is 1.